The molecule has 0 spiro atoms. The van der Waals surface area contributed by atoms with Crippen molar-refractivity contribution < 1.29 is 9.00 Å². The summed E-state index contributed by atoms with van der Waals surface area (Å²) in [5.74, 6) is -0.191. The third-order valence-corrected chi connectivity index (χ3v) is 4.84. The first-order valence-electron chi connectivity index (χ1n) is 5.07. The van der Waals surface area contributed by atoms with Crippen LogP contribution < -0.4 is 5.32 Å². The summed E-state index contributed by atoms with van der Waals surface area (Å²) >= 11 is 4.67. The number of carbonyl (C=O) groups excluding carboxylic acids is 1. The molecule has 0 aliphatic carbocycles. The number of anilines is 1. The topological polar surface area (TPSA) is 46.2 Å². The van der Waals surface area contributed by atoms with Crippen molar-refractivity contribution in [1.82, 2.24) is 0 Å². The van der Waals surface area contributed by atoms with E-state index in [-0.39, 0.29) is 5.91 Å². The van der Waals surface area contributed by atoms with Crippen molar-refractivity contribution in [3.05, 3.63) is 45.1 Å². The highest BCUT2D eigenvalue weighted by atomic mass is 79.9. The molecule has 0 radical (unpaired) electrons. The fraction of sp³-hybridized carbons (Fsp3) is 0.0833. The van der Waals surface area contributed by atoms with Crippen molar-refractivity contribution in [2.45, 2.75) is 4.90 Å². The zero-order valence-corrected chi connectivity index (χ0v) is 12.7. The molecule has 0 fully saturated rings. The number of amides is 1. The molecule has 0 saturated carbocycles. The lowest BCUT2D eigenvalue weighted by Crippen LogP contribution is -2.11. The Labute approximate surface area is 120 Å². The van der Waals surface area contributed by atoms with Gasteiger partial charge in [-0.25, -0.2) is 0 Å². The summed E-state index contributed by atoms with van der Waals surface area (Å²) in [6.07, 6.45) is 1.59. The third kappa shape index (κ3) is 3.07. The second-order valence-electron chi connectivity index (χ2n) is 3.51. The highest BCUT2D eigenvalue weighted by Gasteiger charge is 2.12. The minimum absolute atomic E-state index is 0.191. The average molecular weight is 344 g/mol. The molecule has 1 N–H and O–H groups in total. The normalized spacial score (nSPS) is 12.1. The highest BCUT2D eigenvalue weighted by molar-refractivity contribution is 9.11. The Morgan fingerprint density at radius 3 is 2.61 bits per heavy atom. The standard InChI is InChI=1S/C12H10BrNO2S2/c1-18(16)10-5-3-2-4-8(10)14-12(15)9-6-7-11(13)17-9/h2-7H,1H3,(H,14,15)/t18-/m0/s1. The SMILES string of the molecule is C[S@](=O)c1ccccc1NC(=O)c1ccc(Br)s1. The first-order valence-corrected chi connectivity index (χ1v) is 8.24. The maximum absolute atomic E-state index is 12.0. The largest absolute Gasteiger partial charge is 0.320 e. The fourth-order valence-electron chi connectivity index (χ4n) is 1.44. The zero-order chi connectivity index (χ0) is 13.1. The molecule has 2 rings (SSSR count). The maximum atomic E-state index is 12.0. The molecule has 18 heavy (non-hydrogen) atoms. The smallest absolute Gasteiger partial charge is 0.265 e. The van der Waals surface area contributed by atoms with E-state index >= 15 is 0 Å². The van der Waals surface area contributed by atoms with Gasteiger partial charge in [-0.3, -0.25) is 9.00 Å². The lowest BCUT2D eigenvalue weighted by molar-refractivity contribution is 0.103. The lowest BCUT2D eigenvalue weighted by Gasteiger charge is -2.07. The number of rotatable bonds is 3. The molecule has 0 aliphatic heterocycles. The van der Waals surface area contributed by atoms with Crippen molar-refractivity contribution >= 4 is 49.7 Å². The quantitative estimate of drug-likeness (QED) is 0.926. The van der Waals surface area contributed by atoms with Gasteiger partial charge in [0.25, 0.3) is 5.91 Å². The van der Waals surface area contributed by atoms with Gasteiger partial charge in [-0.05, 0) is 40.2 Å². The van der Waals surface area contributed by atoms with Gasteiger partial charge in [0.05, 0.1) is 30.0 Å². The van der Waals surface area contributed by atoms with Crippen LogP contribution in [-0.4, -0.2) is 16.4 Å². The molecule has 1 atom stereocenters. The minimum Gasteiger partial charge on any atom is -0.320 e. The van der Waals surface area contributed by atoms with E-state index in [1.807, 2.05) is 6.07 Å². The van der Waals surface area contributed by atoms with E-state index in [2.05, 4.69) is 21.2 Å². The van der Waals surface area contributed by atoms with Crippen LogP contribution in [-0.2, 0) is 10.8 Å². The molecule has 0 unspecified atom stereocenters. The third-order valence-electron chi connectivity index (χ3n) is 2.24. The molecular weight excluding hydrogens is 334 g/mol. The van der Waals surface area contributed by atoms with Gasteiger partial charge in [0.15, 0.2) is 0 Å². The maximum Gasteiger partial charge on any atom is 0.265 e. The number of halogens is 1. The number of carbonyl (C=O) groups is 1. The van der Waals surface area contributed by atoms with Crippen LogP contribution in [0.3, 0.4) is 0 Å². The molecular formula is C12H10BrNO2S2. The van der Waals surface area contributed by atoms with E-state index in [4.69, 9.17) is 0 Å². The van der Waals surface area contributed by atoms with Crippen LogP contribution in [0.5, 0.6) is 0 Å². The molecule has 3 nitrogen and oxygen atoms in total. The number of hydrogen-bond donors (Lipinski definition) is 1. The molecule has 1 amide bonds. The van der Waals surface area contributed by atoms with E-state index in [9.17, 15) is 9.00 Å². The van der Waals surface area contributed by atoms with Gasteiger partial charge < -0.3 is 5.32 Å². The zero-order valence-electron chi connectivity index (χ0n) is 9.48. The van der Waals surface area contributed by atoms with Crippen LogP contribution in [0.2, 0.25) is 0 Å². The van der Waals surface area contributed by atoms with Crippen LogP contribution in [0.4, 0.5) is 5.69 Å². The van der Waals surface area contributed by atoms with Gasteiger partial charge in [0, 0.05) is 6.26 Å². The molecule has 0 saturated heterocycles. The van der Waals surface area contributed by atoms with E-state index in [1.165, 1.54) is 11.3 Å². The molecule has 1 heterocycles. The van der Waals surface area contributed by atoms with Crippen LogP contribution >= 0.6 is 27.3 Å². The Morgan fingerprint density at radius 1 is 1.28 bits per heavy atom. The summed E-state index contributed by atoms with van der Waals surface area (Å²) in [5.41, 5.74) is 0.591. The minimum atomic E-state index is -1.13. The summed E-state index contributed by atoms with van der Waals surface area (Å²) in [6, 6.07) is 10.7. The van der Waals surface area contributed by atoms with Crippen LogP contribution in [0.1, 0.15) is 9.67 Å². The number of para-hydroxylation sites is 1. The van der Waals surface area contributed by atoms with Crippen LogP contribution in [0.25, 0.3) is 0 Å². The van der Waals surface area contributed by atoms with Crippen molar-refractivity contribution in [1.29, 1.82) is 0 Å². The van der Waals surface area contributed by atoms with Gasteiger partial charge >= 0.3 is 0 Å². The monoisotopic (exact) mass is 343 g/mol. The molecule has 94 valence electrons. The summed E-state index contributed by atoms with van der Waals surface area (Å²) in [5, 5.41) is 2.78. The van der Waals surface area contributed by atoms with E-state index in [1.54, 1.807) is 36.6 Å². The van der Waals surface area contributed by atoms with Crippen LogP contribution in [0, 0.1) is 0 Å². The molecule has 6 heteroatoms. The predicted octanol–water partition coefficient (Wildman–Crippen LogP) is 3.50. The number of thiophene rings is 1. The van der Waals surface area contributed by atoms with E-state index < -0.39 is 10.8 Å². The van der Waals surface area contributed by atoms with E-state index in [0.29, 0.717) is 15.5 Å². The Morgan fingerprint density at radius 2 is 2.00 bits per heavy atom. The van der Waals surface area contributed by atoms with Crippen molar-refractivity contribution in [2.24, 2.45) is 0 Å². The lowest BCUT2D eigenvalue weighted by atomic mass is 10.3. The molecule has 1 aromatic carbocycles. The molecule has 1 aromatic heterocycles. The molecule has 0 aliphatic rings. The van der Waals surface area contributed by atoms with Crippen LogP contribution in [0.15, 0.2) is 45.1 Å². The number of benzene rings is 1. The van der Waals surface area contributed by atoms with Crippen molar-refractivity contribution in [3.63, 3.8) is 0 Å². The first kappa shape index (κ1) is 13.5. The van der Waals surface area contributed by atoms with Crippen molar-refractivity contribution in [2.75, 3.05) is 11.6 Å². The molecule has 2 aromatic rings. The summed E-state index contributed by atoms with van der Waals surface area (Å²) in [7, 11) is -1.13. The number of nitrogens with one attached hydrogen (secondary N) is 1. The van der Waals surface area contributed by atoms with Gasteiger partial charge in [-0.1, -0.05) is 12.1 Å². The Hall–Kier alpha value is -0.980. The Balaban J connectivity index is 2.24. The summed E-state index contributed by atoms with van der Waals surface area (Å²) in [6.45, 7) is 0. The second kappa shape index (κ2) is 5.77. The molecule has 0 bridgehead atoms. The van der Waals surface area contributed by atoms with Gasteiger partial charge in [0.1, 0.15) is 0 Å². The highest BCUT2D eigenvalue weighted by Crippen LogP contribution is 2.24. The number of hydrogen-bond acceptors (Lipinski definition) is 3. The Bertz CT molecular complexity index is 610. The summed E-state index contributed by atoms with van der Waals surface area (Å²) < 4.78 is 12.4. The predicted molar refractivity (Wildman–Crippen MR) is 78.7 cm³/mol. The fourth-order valence-corrected chi connectivity index (χ4v) is 3.42. The van der Waals surface area contributed by atoms with Gasteiger partial charge in [-0.2, -0.15) is 0 Å². The Kier molecular flexibility index (Phi) is 4.31. The van der Waals surface area contributed by atoms with Gasteiger partial charge in [-0.15, -0.1) is 11.3 Å². The van der Waals surface area contributed by atoms with Crippen molar-refractivity contribution in [3.8, 4) is 0 Å². The first-order chi connectivity index (χ1) is 8.58. The summed E-state index contributed by atoms with van der Waals surface area (Å²) in [4.78, 5) is 13.2. The van der Waals surface area contributed by atoms with E-state index in [0.717, 1.165) is 3.79 Å². The second-order valence-corrected chi connectivity index (χ2v) is 7.32. The average Bonchev–Trinajstić information content (AvgIpc) is 2.76. The van der Waals surface area contributed by atoms with Gasteiger partial charge in [0.2, 0.25) is 0 Å².